The summed E-state index contributed by atoms with van der Waals surface area (Å²) < 4.78 is 6.14. The largest absolute Gasteiger partial charge is 0.487 e. The first kappa shape index (κ1) is 23.5. The molecule has 0 bridgehead atoms. The van der Waals surface area contributed by atoms with Gasteiger partial charge >= 0.3 is 0 Å². The van der Waals surface area contributed by atoms with E-state index in [1.807, 2.05) is 19.2 Å². The van der Waals surface area contributed by atoms with Crippen molar-refractivity contribution in [1.82, 2.24) is 15.5 Å². The molecule has 0 fully saturated rings. The number of guanidine groups is 1. The quantitative estimate of drug-likeness (QED) is 0.359. The molecule has 0 saturated heterocycles. The van der Waals surface area contributed by atoms with E-state index in [1.165, 1.54) is 16.7 Å². The van der Waals surface area contributed by atoms with Gasteiger partial charge in [0.1, 0.15) is 11.4 Å². The molecule has 1 unspecified atom stereocenters. The summed E-state index contributed by atoms with van der Waals surface area (Å²) in [6, 6.07) is 16.9. The molecule has 5 nitrogen and oxygen atoms in total. The Kier molecular flexibility index (Phi) is 8.34. The standard InChI is InChI=1S/C23H32N4O.HI/c1-23(2)14-20(19-12-8-9-13-21(19)28-23)26-22(24-3)25-15-17-10-6-7-11-18(17)16-27(4)5;/h6-13,20H,14-16H2,1-5H3,(H2,24,25,26);1H. The predicted octanol–water partition coefficient (Wildman–Crippen LogP) is 4.33. The first-order valence-corrected chi connectivity index (χ1v) is 9.84. The lowest BCUT2D eigenvalue weighted by Gasteiger charge is -2.38. The van der Waals surface area contributed by atoms with E-state index >= 15 is 0 Å². The number of benzene rings is 2. The second-order valence-corrected chi connectivity index (χ2v) is 8.23. The smallest absolute Gasteiger partial charge is 0.191 e. The monoisotopic (exact) mass is 508 g/mol. The molecule has 1 atom stereocenters. The van der Waals surface area contributed by atoms with Gasteiger partial charge in [-0.25, -0.2) is 0 Å². The summed E-state index contributed by atoms with van der Waals surface area (Å²) in [6.07, 6.45) is 0.877. The maximum Gasteiger partial charge on any atom is 0.191 e. The molecule has 158 valence electrons. The Morgan fingerprint density at radius 2 is 1.76 bits per heavy atom. The molecule has 0 aliphatic carbocycles. The number of nitrogens with zero attached hydrogens (tertiary/aromatic N) is 2. The van der Waals surface area contributed by atoms with Gasteiger partial charge in [-0.05, 0) is 45.1 Å². The molecule has 29 heavy (non-hydrogen) atoms. The molecule has 1 aliphatic heterocycles. The average Bonchev–Trinajstić information content (AvgIpc) is 2.64. The van der Waals surface area contributed by atoms with E-state index < -0.39 is 0 Å². The van der Waals surface area contributed by atoms with Crippen molar-refractivity contribution in [2.24, 2.45) is 4.99 Å². The van der Waals surface area contributed by atoms with Crippen molar-refractivity contribution in [1.29, 1.82) is 0 Å². The number of hydrogen-bond donors (Lipinski definition) is 2. The van der Waals surface area contributed by atoms with Crippen molar-refractivity contribution in [2.45, 2.75) is 45.0 Å². The molecular weight excluding hydrogens is 475 g/mol. The van der Waals surface area contributed by atoms with Gasteiger partial charge in [0.15, 0.2) is 5.96 Å². The highest BCUT2D eigenvalue weighted by molar-refractivity contribution is 14.0. The maximum atomic E-state index is 6.14. The second kappa shape index (κ2) is 10.3. The molecule has 0 amide bonds. The fraction of sp³-hybridized carbons (Fsp3) is 0.435. The molecule has 1 heterocycles. The van der Waals surface area contributed by atoms with Crippen LogP contribution in [0.4, 0.5) is 0 Å². The first-order valence-electron chi connectivity index (χ1n) is 9.84. The summed E-state index contributed by atoms with van der Waals surface area (Å²) in [6.45, 7) is 5.92. The zero-order valence-electron chi connectivity index (χ0n) is 18.0. The first-order chi connectivity index (χ1) is 13.4. The lowest BCUT2D eigenvalue weighted by molar-refractivity contribution is 0.0694. The summed E-state index contributed by atoms with van der Waals surface area (Å²) in [5, 5.41) is 7.08. The molecule has 2 N–H and O–H groups in total. The van der Waals surface area contributed by atoms with Gasteiger partial charge in [-0.15, -0.1) is 24.0 Å². The van der Waals surface area contributed by atoms with E-state index in [-0.39, 0.29) is 35.6 Å². The van der Waals surface area contributed by atoms with Gasteiger partial charge in [0.05, 0.1) is 6.04 Å². The third-order valence-electron chi connectivity index (χ3n) is 4.96. The van der Waals surface area contributed by atoms with Crippen molar-refractivity contribution in [3.63, 3.8) is 0 Å². The van der Waals surface area contributed by atoms with Crippen LogP contribution in [0.1, 0.15) is 43.0 Å². The number of aliphatic imine (C=N–C) groups is 1. The number of para-hydroxylation sites is 1. The van der Waals surface area contributed by atoms with Crippen LogP contribution < -0.4 is 15.4 Å². The maximum absolute atomic E-state index is 6.14. The van der Waals surface area contributed by atoms with E-state index in [1.54, 1.807) is 0 Å². The van der Waals surface area contributed by atoms with Crippen LogP contribution in [-0.2, 0) is 13.1 Å². The highest BCUT2D eigenvalue weighted by Crippen LogP contribution is 2.39. The average molecular weight is 508 g/mol. The van der Waals surface area contributed by atoms with Crippen LogP contribution in [0.25, 0.3) is 0 Å². The molecule has 3 rings (SSSR count). The minimum absolute atomic E-state index is 0. The lowest BCUT2D eigenvalue weighted by Crippen LogP contribution is -2.45. The SMILES string of the molecule is CN=C(NCc1ccccc1CN(C)C)NC1CC(C)(C)Oc2ccccc21.I. The molecule has 0 spiro atoms. The normalized spacial score (nSPS) is 17.7. The Labute approximate surface area is 192 Å². The van der Waals surface area contributed by atoms with Crippen LogP contribution in [0.3, 0.4) is 0 Å². The number of halogens is 1. The van der Waals surface area contributed by atoms with E-state index in [4.69, 9.17) is 4.74 Å². The molecule has 0 saturated carbocycles. The fourth-order valence-corrected chi connectivity index (χ4v) is 3.69. The highest BCUT2D eigenvalue weighted by Gasteiger charge is 2.33. The van der Waals surface area contributed by atoms with Crippen LogP contribution in [-0.4, -0.2) is 37.6 Å². The number of ether oxygens (including phenoxy) is 1. The Hall–Kier alpha value is -1.80. The number of fused-ring (bicyclic) bond motifs is 1. The Morgan fingerprint density at radius 3 is 2.45 bits per heavy atom. The van der Waals surface area contributed by atoms with E-state index in [0.717, 1.165) is 31.2 Å². The van der Waals surface area contributed by atoms with Gasteiger partial charge in [-0.2, -0.15) is 0 Å². The predicted molar refractivity (Wildman–Crippen MR) is 131 cm³/mol. The van der Waals surface area contributed by atoms with Crippen LogP contribution in [0.2, 0.25) is 0 Å². The minimum Gasteiger partial charge on any atom is -0.487 e. The molecule has 2 aromatic rings. The molecule has 2 aromatic carbocycles. The number of hydrogen-bond acceptors (Lipinski definition) is 3. The Bertz CT molecular complexity index is 835. The van der Waals surface area contributed by atoms with Crippen LogP contribution in [0.15, 0.2) is 53.5 Å². The molecule has 0 aromatic heterocycles. The summed E-state index contributed by atoms with van der Waals surface area (Å²) in [5.41, 5.74) is 3.57. The van der Waals surface area contributed by atoms with Gasteiger partial charge in [0, 0.05) is 32.1 Å². The van der Waals surface area contributed by atoms with Gasteiger partial charge in [-0.3, -0.25) is 4.99 Å². The highest BCUT2D eigenvalue weighted by atomic mass is 127. The zero-order valence-corrected chi connectivity index (χ0v) is 20.4. The second-order valence-electron chi connectivity index (χ2n) is 8.23. The van der Waals surface area contributed by atoms with Gasteiger partial charge < -0.3 is 20.3 Å². The Morgan fingerprint density at radius 1 is 1.10 bits per heavy atom. The van der Waals surface area contributed by atoms with Crippen LogP contribution in [0.5, 0.6) is 5.75 Å². The van der Waals surface area contributed by atoms with E-state index in [0.29, 0.717) is 0 Å². The van der Waals surface area contributed by atoms with Gasteiger partial charge in [0.25, 0.3) is 0 Å². The van der Waals surface area contributed by atoms with Crippen LogP contribution in [0, 0.1) is 0 Å². The summed E-state index contributed by atoms with van der Waals surface area (Å²) >= 11 is 0. The zero-order chi connectivity index (χ0) is 20.1. The van der Waals surface area contributed by atoms with Crippen molar-refractivity contribution < 1.29 is 4.74 Å². The van der Waals surface area contributed by atoms with Crippen molar-refractivity contribution in [2.75, 3.05) is 21.1 Å². The minimum atomic E-state index is -0.219. The van der Waals surface area contributed by atoms with Crippen molar-refractivity contribution in [3.05, 3.63) is 65.2 Å². The van der Waals surface area contributed by atoms with E-state index in [2.05, 4.69) is 84.9 Å². The summed E-state index contributed by atoms with van der Waals surface area (Å²) in [5.74, 6) is 1.75. The topological polar surface area (TPSA) is 48.9 Å². The van der Waals surface area contributed by atoms with Gasteiger partial charge in [0.2, 0.25) is 0 Å². The third-order valence-corrected chi connectivity index (χ3v) is 4.96. The van der Waals surface area contributed by atoms with Gasteiger partial charge in [-0.1, -0.05) is 42.5 Å². The molecule has 6 heteroatoms. The molecule has 1 aliphatic rings. The molecular formula is C23H33IN4O. The lowest BCUT2D eigenvalue weighted by atomic mass is 9.90. The van der Waals surface area contributed by atoms with Crippen LogP contribution >= 0.6 is 24.0 Å². The Balaban J connectivity index is 0.00000300. The summed E-state index contributed by atoms with van der Waals surface area (Å²) in [4.78, 5) is 6.64. The van der Waals surface area contributed by atoms with Crippen molar-refractivity contribution in [3.8, 4) is 5.75 Å². The fourth-order valence-electron chi connectivity index (χ4n) is 3.69. The van der Waals surface area contributed by atoms with Crippen molar-refractivity contribution >= 4 is 29.9 Å². The van der Waals surface area contributed by atoms with E-state index in [9.17, 15) is 0 Å². The molecule has 0 radical (unpaired) electrons. The third kappa shape index (κ3) is 6.34. The number of nitrogens with one attached hydrogen (secondary N) is 2. The number of rotatable bonds is 5. The summed E-state index contributed by atoms with van der Waals surface area (Å²) in [7, 11) is 6.00.